The number of carbonyl (C=O) groups excluding carboxylic acids is 1. The Balaban J connectivity index is 1.75. The zero-order chi connectivity index (χ0) is 21.5. The first kappa shape index (κ1) is 19.3. The Morgan fingerprint density at radius 1 is 1.10 bits per heavy atom. The van der Waals surface area contributed by atoms with Gasteiger partial charge < -0.3 is 16.8 Å². The fraction of sp³-hybridized carbons (Fsp3) is 0.0476. The molecule has 0 aliphatic carbocycles. The van der Waals surface area contributed by atoms with Crippen molar-refractivity contribution in [1.29, 1.82) is 0 Å². The standard InChI is InChI=1S/C21H17N7OS2/c1-30-21-14(20-25-12-9-5-6-10-13(12)31-20)16(22)26-19-15(17(23)29)18(27-28(19)21)24-11-7-3-2-4-8-11/h2-10H,1H3,(H2,22,26)(H2,23,29)(H,24,27). The first-order chi connectivity index (χ1) is 15.1. The number of thiazole rings is 1. The van der Waals surface area contributed by atoms with Crippen molar-refractivity contribution in [1.82, 2.24) is 19.6 Å². The SMILES string of the molecule is CSc1c(-c2nc3ccccc3s2)c(N)nc2c(C(N)=O)c(Nc3ccccc3)nn12. The maximum atomic E-state index is 12.3. The number of nitrogens with one attached hydrogen (secondary N) is 1. The molecule has 0 radical (unpaired) electrons. The summed E-state index contributed by atoms with van der Waals surface area (Å²) in [7, 11) is 0. The normalized spacial score (nSPS) is 11.3. The maximum absolute atomic E-state index is 12.3. The first-order valence-corrected chi connectivity index (χ1v) is 11.3. The monoisotopic (exact) mass is 447 g/mol. The minimum absolute atomic E-state index is 0.182. The van der Waals surface area contributed by atoms with E-state index in [0.717, 1.165) is 25.9 Å². The van der Waals surface area contributed by atoms with Crippen LogP contribution in [-0.4, -0.2) is 31.7 Å². The third kappa shape index (κ3) is 3.25. The molecule has 0 aliphatic heterocycles. The van der Waals surface area contributed by atoms with Gasteiger partial charge in [-0.05, 0) is 30.5 Å². The molecule has 3 aromatic heterocycles. The number of fused-ring (bicyclic) bond motifs is 2. The van der Waals surface area contributed by atoms with Crippen molar-refractivity contribution in [2.75, 3.05) is 17.3 Å². The van der Waals surface area contributed by atoms with Crippen molar-refractivity contribution in [2.45, 2.75) is 5.03 Å². The van der Waals surface area contributed by atoms with Crippen molar-refractivity contribution in [2.24, 2.45) is 5.73 Å². The van der Waals surface area contributed by atoms with E-state index in [2.05, 4.69) is 15.4 Å². The van der Waals surface area contributed by atoms with Gasteiger partial charge in [0, 0.05) is 5.69 Å². The van der Waals surface area contributed by atoms with Gasteiger partial charge in [0.25, 0.3) is 5.91 Å². The minimum Gasteiger partial charge on any atom is -0.383 e. The average molecular weight is 448 g/mol. The molecule has 0 spiro atoms. The van der Waals surface area contributed by atoms with E-state index in [4.69, 9.17) is 16.5 Å². The molecule has 0 saturated heterocycles. The lowest BCUT2D eigenvalue weighted by molar-refractivity contribution is 0.100. The summed E-state index contributed by atoms with van der Waals surface area (Å²) in [6, 6.07) is 17.3. The number of hydrogen-bond donors (Lipinski definition) is 3. The van der Waals surface area contributed by atoms with E-state index >= 15 is 0 Å². The van der Waals surface area contributed by atoms with Gasteiger partial charge >= 0.3 is 0 Å². The van der Waals surface area contributed by atoms with E-state index in [0.29, 0.717) is 17.0 Å². The van der Waals surface area contributed by atoms with Crippen molar-refractivity contribution in [3.05, 3.63) is 60.2 Å². The smallest absolute Gasteiger partial charge is 0.256 e. The fourth-order valence-electron chi connectivity index (χ4n) is 3.38. The van der Waals surface area contributed by atoms with Gasteiger partial charge in [0.1, 0.15) is 21.4 Å². The second-order valence-corrected chi connectivity index (χ2v) is 8.51. The molecule has 5 aromatic rings. The van der Waals surface area contributed by atoms with Crippen LogP contribution >= 0.6 is 23.1 Å². The Morgan fingerprint density at radius 2 is 1.84 bits per heavy atom. The van der Waals surface area contributed by atoms with E-state index < -0.39 is 5.91 Å². The number of nitrogens with zero attached hydrogens (tertiary/aromatic N) is 4. The second-order valence-electron chi connectivity index (χ2n) is 6.68. The Bertz CT molecular complexity index is 1410. The third-order valence-electron chi connectivity index (χ3n) is 4.73. The van der Waals surface area contributed by atoms with Crippen LogP contribution in [0.25, 0.3) is 26.4 Å². The first-order valence-electron chi connectivity index (χ1n) is 9.31. The van der Waals surface area contributed by atoms with Gasteiger partial charge in [0.2, 0.25) is 0 Å². The van der Waals surface area contributed by atoms with Crippen LogP contribution in [0.1, 0.15) is 10.4 Å². The number of rotatable bonds is 5. The van der Waals surface area contributed by atoms with Crippen molar-refractivity contribution in [3.8, 4) is 10.6 Å². The van der Waals surface area contributed by atoms with E-state index in [1.54, 1.807) is 4.52 Å². The molecular weight excluding hydrogens is 430 g/mol. The lowest BCUT2D eigenvalue weighted by Crippen LogP contribution is -2.13. The molecule has 0 fully saturated rings. The van der Waals surface area contributed by atoms with Crippen LogP contribution in [0.4, 0.5) is 17.3 Å². The number of thioether (sulfide) groups is 1. The Labute approximate surface area is 185 Å². The zero-order valence-corrected chi connectivity index (χ0v) is 18.0. The number of carbonyl (C=O) groups is 1. The lowest BCUT2D eigenvalue weighted by atomic mass is 10.2. The molecule has 0 aliphatic rings. The van der Waals surface area contributed by atoms with E-state index in [9.17, 15) is 4.79 Å². The van der Waals surface area contributed by atoms with Crippen molar-refractivity contribution < 1.29 is 4.79 Å². The van der Waals surface area contributed by atoms with Gasteiger partial charge in [0.15, 0.2) is 11.5 Å². The minimum atomic E-state index is -0.639. The largest absolute Gasteiger partial charge is 0.383 e. The molecule has 0 unspecified atom stereocenters. The summed E-state index contributed by atoms with van der Waals surface area (Å²) in [5, 5.41) is 9.25. The number of anilines is 3. The molecule has 2 aromatic carbocycles. The van der Waals surface area contributed by atoms with E-state index in [-0.39, 0.29) is 11.4 Å². The average Bonchev–Trinajstić information content (AvgIpc) is 3.34. The van der Waals surface area contributed by atoms with Crippen LogP contribution in [0.5, 0.6) is 0 Å². The van der Waals surface area contributed by atoms with Gasteiger partial charge in [-0.3, -0.25) is 4.79 Å². The number of aromatic nitrogens is 4. The number of nitrogens with two attached hydrogens (primary N) is 2. The van der Waals surface area contributed by atoms with E-state index in [1.165, 1.54) is 23.1 Å². The van der Waals surface area contributed by atoms with Crippen molar-refractivity contribution >= 4 is 62.2 Å². The number of benzene rings is 2. The predicted molar refractivity (Wildman–Crippen MR) is 126 cm³/mol. The quantitative estimate of drug-likeness (QED) is 0.273. The van der Waals surface area contributed by atoms with Crippen LogP contribution in [0.3, 0.4) is 0 Å². The summed E-state index contributed by atoms with van der Waals surface area (Å²) in [5.41, 5.74) is 14.9. The summed E-state index contributed by atoms with van der Waals surface area (Å²) >= 11 is 2.98. The summed E-state index contributed by atoms with van der Waals surface area (Å²) < 4.78 is 2.65. The molecule has 3 heterocycles. The van der Waals surface area contributed by atoms with Crippen molar-refractivity contribution in [3.63, 3.8) is 0 Å². The number of hydrogen-bond acceptors (Lipinski definition) is 8. The van der Waals surface area contributed by atoms with Crippen LogP contribution in [0.15, 0.2) is 59.6 Å². The predicted octanol–water partition coefficient (Wildman–Crippen LogP) is 4.15. The highest BCUT2D eigenvalue weighted by Gasteiger charge is 2.25. The van der Waals surface area contributed by atoms with Gasteiger partial charge in [-0.25, -0.2) is 14.5 Å². The number of amides is 1. The molecule has 5 N–H and O–H groups in total. The van der Waals surface area contributed by atoms with E-state index in [1.807, 2.05) is 60.9 Å². The Morgan fingerprint density at radius 3 is 2.55 bits per heavy atom. The highest BCUT2D eigenvalue weighted by molar-refractivity contribution is 7.98. The molecular formula is C21H17N7OS2. The second kappa shape index (κ2) is 7.56. The highest BCUT2D eigenvalue weighted by Crippen LogP contribution is 2.40. The summed E-state index contributed by atoms with van der Waals surface area (Å²) in [5.74, 6) is -0.0490. The van der Waals surface area contributed by atoms with Gasteiger partial charge in [0.05, 0.1) is 15.8 Å². The molecule has 1 amide bonds. The number of primary amides is 1. The van der Waals surface area contributed by atoms with Crippen LogP contribution < -0.4 is 16.8 Å². The number of nitrogen functional groups attached to an aromatic ring is 1. The summed E-state index contributed by atoms with van der Waals surface area (Å²) in [6.07, 6.45) is 1.92. The topological polar surface area (TPSA) is 124 Å². The van der Waals surface area contributed by atoms with Gasteiger partial charge in [-0.1, -0.05) is 30.3 Å². The van der Waals surface area contributed by atoms with Gasteiger partial charge in [-0.2, -0.15) is 0 Å². The summed E-state index contributed by atoms with van der Waals surface area (Å²) in [4.78, 5) is 21.5. The maximum Gasteiger partial charge on any atom is 0.256 e. The molecule has 5 rings (SSSR count). The van der Waals surface area contributed by atoms with Crippen LogP contribution in [-0.2, 0) is 0 Å². The molecule has 0 atom stereocenters. The molecule has 154 valence electrons. The molecule has 0 bridgehead atoms. The van der Waals surface area contributed by atoms with Gasteiger partial charge in [-0.15, -0.1) is 28.2 Å². The Hall–Kier alpha value is -3.63. The van der Waals surface area contributed by atoms with Crippen LogP contribution in [0.2, 0.25) is 0 Å². The molecule has 0 saturated carbocycles. The lowest BCUT2D eigenvalue weighted by Gasteiger charge is -2.09. The molecule has 8 nitrogen and oxygen atoms in total. The fourth-order valence-corrected chi connectivity index (χ4v) is 5.17. The van der Waals surface area contributed by atoms with Crippen LogP contribution in [0, 0.1) is 0 Å². The highest BCUT2D eigenvalue weighted by atomic mass is 32.2. The molecule has 10 heteroatoms. The Kier molecular flexibility index (Phi) is 4.72. The number of para-hydroxylation sites is 2. The summed E-state index contributed by atoms with van der Waals surface area (Å²) in [6.45, 7) is 0. The molecule has 31 heavy (non-hydrogen) atoms. The third-order valence-corrected chi connectivity index (χ3v) is 6.55. The zero-order valence-electron chi connectivity index (χ0n) is 16.4.